The van der Waals surface area contributed by atoms with Crippen molar-refractivity contribution in [3.8, 4) is 17.1 Å². The van der Waals surface area contributed by atoms with Gasteiger partial charge in [0, 0.05) is 13.5 Å². The summed E-state index contributed by atoms with van der Waals surface area (Å²) < 4.78 is 38.1. The van der Waals surface area contributed by atoms with Gasteiger partial charge in [-0.1, -0.05) is 35.5 Å². The van der Waals surface area contributed by atoms with Gasteiger partial charge in [0.05, 0.1) is 17.6 Å². The molecule has 3 aromatic rings. The second-order valence-electron chi connectivity index (χ2n) is 5.63. The molecule has 0 unspecified atom stereocenters. The number of hydrogen-bond acceptors (Lipinski definition) is 6. The fourth-order valence-electron chi connectivity index (χ4n) is 2.50. The summed E-state index contributed by atoms with van der Waals surface area (Å²) in [6, 6.07) is 14.2. The highest BCUT2D eigenvalue weighted by molar-refractivity contribution is 7.89. The molecule has 0 aliphatic carbocycles. The number of nitrogens with zero attached hydrogens (tertiary/aromatic N) is 2. The maximum absolute atomic E-state index is 12.6. The number of rotatable bonds is 7. The zero-order valence-electron chi connectivity index (χ0n) is 14.5. The normalized spacial score (nSPS) is 11.5. The number of aromatic nitrogens is 2. The molecule has 8 heteroatoms. The lowest BCUT2D eigenvalue weighted by Gasteiger charge is -2.10. The molecule has 0 saturated heterocycles. The molecule has 26 heavy (non-hydrogen) atoms. The third kappa shape index (κ3) is 4.09. The summed E-state index contributed by atoms with van der Waals surface area (Å²) in [4.78, 5) is 4.26. The van der Waals surface area contributed by atoms with E-state index in [0.29, 0.717) is 30.2 Å². The molecule has 1 heterocycles. The quantitative estimate of drug-likeness (QED) is 0.684. The molecule has 136 valence electrons. The lowest BCUT2D eigenvalue weighted by Crippen LogP contribution is -2.26. The van der Waals surface area contributed by atoms with Crippen LogP contribution in [0.4, 0.5) is 0 Å². The molecule has 0 spiro atoms. The Labute approximate surface area is 152 Å². The van der Waals surface area contributed by atoms with Crippen LogP contribution >= 0.6 is 0 Å². The van der Waals surface area contributed by atoms with Crippen LogP contribution < -0.4 is 9.46 Å². The Morgan fingerprint density at radius 3 is 2.58 bits per heavy atom. The summed E-state index contributed by atoms with van der Waals surface area (Å²) in [5, 5.41) is 3.84. The lowest BCUT2D eigenvalue weighted by atomic mass is 10.2. The van der Waals surface area contributed by atoms with E-state index in [9.17, 15) is 8.42 Å². The fourth-order valence-corrected chi connectivity index (χ4v) is 3.55. The minimum atomic E-state index is -3.67. The number of benzene rings is 2. The standard InChI is InChI=1S/C18H19N3O4S/c1-13-20-18(21-25-13)16-12-15(8-9-17(16)24-2)26(22,23)19-11-10-14-6-4-3-5-7-14/h3-9,12,19H,10-11H2,1-2H3. The SMILES string of the molecule is COc1ccc(S(=O)(=O)NCCc2ccccc2)cc1-c1noc(C)n1. The van der Waals surface area contributed by atoms with Crippen LogP contribution in [-0.4, -0.2) is 32.2 Å². The first kappa shape index (κ1) is 18.1. The first-order valence-electron chi connectivity index (χ1n) is 8.02. The summed E-state index contributed by atoms with van der Waals surface area (Å²) in [6.07, 6.45) is 0.604. The van der Waals surface area contributed by atoms with E-state index in [2.05, 4.69) is 14.9 Å². The molecular formula is C18H19N3O4S. The third-order valence-electron chi connectivity index (χ3n) is 3.80. The van der Waals surface area contributed by atoms with Gasteiger partial charge < -0.3 is 9.26 Å². The molecular weight excluding hydrogens is 354 g/mol. The summed E-state index contributed by atoms with van der Waals surface area (Å²) in [6.45, 7) is 1.96. The molecule has 7 nitrogen and oxygen atoms in total. The monoisotopic (exact) mass is 373 g/mol. The van der Waals surface area contributed by atoms with E-state index in [-0.39, 0.29) is 10.7 Å². The first-order chi connectivity index (χ1) is 12.5. The van der Waals surface area contributed by atoms with Crippen molar-refractivity contribution >= 4 is 10.0 Å². The summed E-state index contributed by atoms with van der Waals surface area (Å²) in [5.74, 6) is 1.13. The maximum Gasteiger partial charge on any atom is 0.240 e. The highest BCUT2D eigenvalue weighted by Crippen LogP contribution is 2.30. The number of sulfonamides is 1. The maximum atomic E-state index is 12.6. The van der Waals surface area contributed by atoms with Crippen molar-refractivity contribution in [1.82, 2.24) is 14.9 Å². The predicted octanol–water partition coefficient (Wildman–Crippen LogP) is 2.57. The minimum absolute atomic E-state index is 0.115. The minimum Gasteiger partial charge on any atom is -0.496 e. The average molecular weight is 373 g/mol. The number of methoxy groups -OCH3 is 1. The van der Waals surface area contributed by atoms with E-state index in [1.165, 1.54) is 19.2 Å². The van der Waals surface area contributed by atoms with Crippen LogP contribution in [0.1, 0.15) is 11.5 Å². The number of ether oxygens (including phenoxy) is 1. The van der Waals surface area contributed by atoms with Crippen molar-refractivity contribution < 1.29 is 17.7 Å². The van der Waals surface area contributed by atoms with Crippen molar-refractivity contribution in [3.05, 3.63) is 60.0 Å². The van der Waals surface area contributed by atoms with Gasteiger partial charge >= 0.3 is 0 Å². The van der Waals surface area contributed by atoms with E-state index in [1.54, 1.807) is 13.0 Å². The zero-order valence-corrected chi connectivity index (χ0v) is 15.3. The molecule has 0 aliphatic rings. The first-order valence-corrected chi connectivity index (χ1v) is 9.50. The Morgan fingerprint density at radius 1 is 1.15 bits per heavy atom. The lowest BCUT2D eigenvalue weighted by molar-refractivity contribution is 0.392. The molecule has 0 radical (unpaired) electrons. The summed E-state index contributed by atoms with van der Waals surface area (Å²) in [5.41, 5.74) is 1.52. The Kier molecular flexibility index (Phi) is 5.34. The summed E-state index contributed by atoms with van der Waals surface area (Å²) in [7, 11) is -2.17. The Bertz CT molecular complexity index is 985. The van der Waals surface area contributed by atoms with Crippen LogP contribution in [0.5, 0.6) is 5.75 Å². The predicted molar refractivity (Wildman–Crippen MR) is 96.4 cm³/mol. The molecule has 0 aliphatic heterocycles. The van der Waals surface area contributed by atoms with Crippen molar-refractivity contribution in [1.29, 1.82) is 0 Å². The van der Waals surface area contributed by atoms with Crippen molar-refractivity contribution in [2.45, 2.75) is 18.2 Å². The number of aryl methyl sites for hydroxylation is 1. The Balaban J connectivity index is 1.81. The zero-order chi connectivity index (χ0) is 18.6. The smallest absolute Gasteiger partial charge is 0.240 e. The van der Waals surface area contributed by atoms with Gasteiger partial charge in [-0.05, 0) is 30.2 Å². The van der Waals surface area contributed by atoms with E-state index in [0.717, 1.165) is 5.56 Å². The second kappa shape index (κ2) is 7.67. The molecule has 1 aromatic heterocycles. The van der Waals surface area contributed by atoms with Gasteiger partial charge in [0.1, 0.15) is 5.75 Å². The van der Waals surface area contributed by atoms with E-state index >= 15 is 0 Å². The molecule has 0 atom stereocenters. The van der Waals surface area contributed by atoms with Gasteiger partial charge in [0.2, 0.25) is 21.7 Å². The molecule has 0 fully saturated rings. The van der Waals surface area contributed by atoms with Gasteiger partial charge in [-0.3, -0.25) is 0 Å². The van der Waals surface area contributed by atoms with Crippen LogP contribution in [0.15, 0.2) is 57.9 Å². The molecule has 1 N–H and O–H groups in total. The molecule has 0 bridgehead atoms. The fraction of sp³-hybridized carbons (Fsp3) is 0.222. The van der Waals surface area contributed by atoms with Crippen molar-refractivity contribution in [2.75, 3.05) is 13.7 Å². The van der Waals surface area contributed by atoms with Crippen LogP contribution in [0.3, 0.4) is 0 Å². The van der Waals surface area contributed by atoms with E-state index in [4.69, 9.17) is 9.26 Å². The van der Waals surface area contributed by atoms with Crippen LogP contribution in [0.25, 0.3) is 11.4 Å². The van der Waals surface area contributed by atoms with Crippen LogP contribution in [0.2, 0.25) is 0 Å². The molecule has 3 rings (SSSR count). The molecule has 0 amide bonds. The number of hydrogen-bond donors (Lipinski definition) is 1. The van der Waals surface area contributed by atoms with E-state index < -0.39 is 10.0 Å². The highest BCUT2D eigenvalue weighted by Gasteiger charge is 2.19. The van der Waals surface area contributed by atoms with E-state index in [1.807, 2.05) is 30.3 Å². The molecule has 2 aromatic carbocycles. The van der Waals surface area contributed by atoms with Crippen LogP contribution in [0, 0.1) is 6.92 Å². The van der Waals surface area contributed by atoms with Crippen molar-refractivity contribution in [3.63, 3.8) is 0 Å². The summed E-state index contributed by atoms with van der Waals surface area (Å²) >= 11 is 0. The Morgan fingerprint density at radius 2 is 1.92 bits per heavy atom. The van der Waals surface area contributed by atoms with Gasteiger partial charge in [0.15, 0.2) is 0 Å². The largest absolute Gasteiger partial charge is 0.496 e. The van der Waals surface area contributed by atoms with Gasteiger partial charge in [-0.15, -0.1) is 0 Å². The third-order valence-corrected chi connectivity index (χ3v) is 5.26. The highest BCUT2D eigenvalue weighted by atomic mass is 32.2. The van der Waals surface area contributed by atoms with Gasteiger partial charge in [0.25, 0.3) is 0 Å². The molecule has 0 saturated carbocycles. The Hall–Kier alpha value is -2.71. The second-order valence-corrected chi connectivity index (χ2v) is 7.40. The van der Waals surface area contributed by atoms with Gasteiger partial charge in [-0.2, -0.15) is 4.98 Å². The average Bonchev–Trinajstić information content (AvgIpc) is 3.08. The number of nitrogens with one attached hydrogen (secondary N) is 1. The van der Waals surface area contributed by atoms with Gasteiger partial charge in [-0.25, -0.2) is 13.1 Å². The van der Waals surface area contributed by atoms with Crippen molar-refractivity contribution in [2.24, 2.45) is 0 Å². The van der Waals surface area contributed by atoms with Crippen LogP contribution in [-0.2, 0) is 16.4 Å². The topological polar surface area (TPSA) is 94.3 Å².